The summed E-state index contributed by atoms with van der Waals surface area (Å²) >= 11 is 0. The minimum atomic E-state index is -0.155. The molecule has 0 aromatic heterocycles. The van der Waals surface area contributed by atoms with E-state index >= 15 is 0 Å². The summed E-state index contributed by atoms with van der Waals surface area (Å²) in [6, 6.07) is -0.155. The lowest BCUT2D eigenvalue weighted by Crippen LogP contribution is -2.32. The molecule has 1 N–H and O–H groups in total. The van der Waals surface area contributed by atoms with Crippen LogP contribution in [0.2, 0.25) is 0 Å². The summed E-state index contributed by atoms with van der Waals surface area (Å²) in [4.78, 5) is 26.6. The molecule has 1 fully saturated rings. The summed E-state index contributed by atoms with van der Waals surface area (Å²) in [5, 5.41) is 8.88. The molecule has 6 nitrogen and oxygen atoms in total. The number of imide groups is 1. The molecule has 1 aliphatic heterocycles. The van der Waals surface area contributed by atoms with Gasteiger partial charge < -0.3 is 14.7 Å². The monoisotopic (exact) mass is 468 g/mol. The fourth-order valence-corrected chi connectivity index (χ4v) is 4.62. The summed E-state index contributed by atoms with van der Waals surface area (Å²) in [6.07, 6.45) is 14.7. The molecule has 3 amide bonds. The molecule has 0 atom stereocenters. The number of hydrogen-bond donors (Lipinski definition) is 1. The molecule has 1 saturated heterocycles. The van der Waals surface area contributed by atoms with Crippen molar-refractivity contribution in [1.29, 1.82) is 0 Å². The Morgan fingerprint density at radius 2 is 1.24 bits per heavy atom. The van der Waals surface area contributed by atoms with E-state index in [2.05, 4.69) is 27.7 Å². The van der Waals surface area contributed by atoms with Crippen LogP contribution in [0.4, 0.5) is 4.79 Å². The lowest BCUT2D eigenvalue weighted by atomic mass is 9.82. The fraction of sp³-hybridized carbons (Fsp3) is 0.926. The van der Waals surface area contributed by atoms with Gasteiger partial charge in [-0.2, -0.15) is 0 Å². The van der Waals surface area contributed by atoms with Crippen molar-refractivity contribution >= 4 is 11.9 Å². The zero-order chi connectivity index (χ0) is 24.7. The van der Waals surface area contributed by atoms with Gasteiger partial charge in [0.15, 0.2) is 0 Å². The largest absolute Gasteiger partial charge is 0.396 e. The van der Waals surface area contributed by atoms with E-state index in [1.807, 2.05) is 0 Å². The molecule has 0 aromatic carbocycles. The van der Waals surface area contributed by atoms with Gasteiger partial charge in [-0.15, -0.1) is 0 Å². The SMILES string of the molecule is CN1CC(=O)N(CCCCC(C)(C)CCCCOCCCCC(C)(C)CCCCCO)C1=O. The summed E-state index contributed by atoms with van der Waals surface area (Å²) in [5.74, 6) is -0.0697. The maximum atomic E-state index is 11.9. The molecule has 0 aromatic rings. The van der Waals surface area contributed by atoms with E-state index in [1.54, 1.807) is 7.05 Å². The average Bonchev–Trinajstić information content (AvgIpc) is 2.98. The van der Waals surface area contributed by atoms with E-state index in [0.717, 1.165) is 58.2 Å². The smallest absolute Gasteiger partial charge is 0.326 e. The van der Waals surface area contributed by atoms with Gasteiger partial charge in [0.1, 0.15) is 6.54 Å². The molecule has 1 rings (SSSR count). The third-order valence-electron chi connectivity index (χ3n) is 7.01. The quantitative estimate of drug-likeness (QED) is 0.175. The van der Waals surface area contributed by atoms with Crippen LogP contribution in [0.3, 0.4) is 0 Å². The van der Waals surface area contributed by atoms with Gasteiger partial charge in [-0.05, 0) is 62.2 Å². The Morgan fingerprint density at radius 3 is 1.70 bits per heavy atom. The third kappa shape index (κ3) is 13.4. The number of hydrogen-bond acceptors (Lipinski definition) is 4. The molecular weight excluding hydrogens is 416 g/mol. The topological polar surface area (TPSA) is 70.1 Å². The molecule has 0 bridgehead atoms. The number of amides is 3. The Morgan fingerprint density at radius 1 is 0.758 bits per heavy atom. The number of likely N-dealkylation sites (N-methyl/N-ethyl adjacent to an activating group) is 1. The average molecular weight is 469 g/mol. The van der Waals surface area contributed by atoms with E-state index in [1.165, 1.54) is 48.3 Å². The summed E-state index contributed by atoms with van der Waals surface area (Å²) in [5.41, 5.74) is 0.690. The second-order valence-corrected chi connectivity index (χ2v) is 11.5. The normalized spacial score (nSPS) is 15.2. The minimum Gasteiger partial charge on any atom is -0.396 e. The molecule has 0 spiro atoms. The zero-order valence-electron chi connectivity index (χ0n) is 22.3. The molecule has 194 valence electrons. The van der Waals surface area contributed by atoms with Gasteiger partial charge in [0.2, 0.25) is 5.91 Å². The van der Waals surface area contributed by atoms with Crippen LogP contribution in [0.15, 0.2) is 0 Å². The number of aliphatic hydroxyl groups is 1. The Hall–Kier alpha value is -1.14. The first kappa shape index (κ1) is 29.9. The van der Waals surface area contributed by atoms with Crippen LogP contribution in [-0.2, 0) is 9.53 Å². The fourth-order valence-electron chi connectivity index (χ4n) is 4.62. The Labute approximate surface area is 203 Å². The number of rotatable bonds is 20. The molecule has 1 heterocycles. The van der Waals surface area contributed by atoms with Gasteiger partial charge in [0.25, 0.3) is 0 Å². The highest BCUT2D eigenvalue weighted by atomic mass is 16.5. The number of nitrogens with zero attached hydrogens (tertiary/aromatic N) is 2. The third-order valence-corrected chi connectivity index (χ3v) is 7.01. The van der Waals surface area contributed by atoms with E-state index in [-0.39, 0.29) is 18.5 Å². The molecule has 0 saturated carbocycles. The van der Waals surface area contributed by atoms with Crippen LogP contribution in [-0.4, -0.2) is 66.8 Å². The van der Waals surface area contributed by atoms with Gasteiger partial charge in [0.05, 0.1) is 0 Å². The summed E-state index contributed by atoms with van der Waals surface area (Å²) in [6.45, 7) is 12.2. The van der Waals surface area contributed by atoms with Crippen molar-refractivity contribution in [2.45, 2.75) is 111 Å². The van der Waals surface area contributed by atoms with Crippen molar-refractivity contribution in [1.82, 2.24) is 9.80 Å². The van der Waals surface area contributed by atoms with Crippen molar-refractivity contribution in [2.24, 2.45) is 10.8 Å². The number of carbonyl (C=O) groups is 2. The minimum absolute atomic E-state index is 0.0697. The van der Waals surface area contributed by atoms with Crippen LogP contribution in [0, 0.1) is 10.8 Å². The van der Waals surface area contributed by atoms with Gasteiger partial charge in [-0.3, -0.25) is 9.69 Å². The first-order valence-corrected chi connectivity index (χ1v) is 13.3. The number of carbonyl (C=O) groups excluding carboxylic acids is 2. The van der Waals surface area contributed by atoms with Crippen LogP contribution in [0.5, 0.6) is 0 Å². The highest BCUT2D eigenvalue weighted by molar-refractivity contribution is 6.01. The van der Waals surface area contributed by atoms with Gasteiger partial charge in [-0.25, -0.2) is 4.79 Å². The molecule has 1 aliphatic rings. The highest BCUT2D eigenvalue weighted by Crippen LogP contribution is 2.31. The maximum Gasteiger partial charge on any atom is 0.326 e. The van der Waals surface area contributed by atoms with E-state index in [0.29, 0.717) is 24.0 Å². The number of aliphatic hydroxyl groups excluding tert-OH is 1. The molecule has 33 heavy (non-hydrogen) atoms. The molecule has 0 aliphatic carbocycles. The predicted molar refractivity (Wildman–Crippen MR) is 135 cm³/mol. The maximum absolute atomic E-state index is 11.9. The van der Waals surface area contributed by atoms with E-state index in [9.17, 15) is 9.59 Å². The standard InChI is InChI=1S/C27H52N2O4/c1-26(2,15-7-6-12-20-30)17-9-13-21-33-22-14-10-18-27(3,4)16-8-11-19-29-24(31)23-28(5)25(29)32/h30H,6-23H2,1-5H3. The highest BCUT2D eigenvalue weighted by Gasteiger charge is 2.32. The lowest BCUT2D eigenvalue weighted by molar-refractivity contribution is -0.125. The van der Waals surface area contributed by atoms with Crippen molar-refractivity contribution in [2.75, 3.05) is 40.0 Å². The molecular formula is C27H52N2O4. The van der Waals surface area contributed by atoms with Crippen LogP contribution in [0.25, 0.3) is 0 Å². The van der Waals surface area contributed by atoms with Gasteiger partial charge >= 0.3 is 6.03 Å². The molecule has 0 unspecified atom stereocenters. The Kier molecular flexibility index (Phi) is 14.2. The van der Waals surface area contributed by atoms with Crippen LogP contribution >= 0.6 is 0 Å². The summed E-state index contributed by atoms with van der Waals surface area (Å²) in [7, 11) is 1.68. The van der Waals surface area contributed by atoms with Crippen molar-refractivity contribution in [3.63, 3.8) is 0 Å². The first-order valence-electron chi connectivity index (χ1n) is 13.3. The number of ether oxygens (including phenoxy) is 1. The lowest BCUT2D eigenvalue weighted by Gasteiger charge is -2.25. The zero-order valence-corrected chi connectivity index (χ0v) is 22.3. The van der Waals surface area contributed by atoms with Crippen LogP contribution < -0.4 is 0 Å². The molecule has 0 radical (unpaired) electrons. The Balaban J connectivity index is 1.98. The van der Waals surface area contributed by atoms with E-state index in [4.69, 9.17) is 9.84 Å². The number of unbranched alkanes of at least 4 members (excludes halogenated alkanes) is 5. The Bertz CT molecular complexity index is 562. The first-order chi connectivity index (χ1) is 15.6. The van der Waals surface area contributed by atoms with Gasteiger partial charge in [-0.1, -0.05) is 59.8 Å². The number of urea groups is 1. The van der Waals surface area contributed by atoms with Crippen molar-refractivity contribution < 1.29 is 19.4 Å². The van der Waals surface area contributed by atoms with Gasteiger partial charge in [0, 0.05) is 33.4 Å². The van der Waals surface area contributed by atoms with Crippen molar-refractivity contribution in [3.05, 3.63) is 0 Å². The second-order valence-electron chi connectivity index (χ2n) is 11.5. The van der Waals surface area contributed by atoms with E-state index < -0.39 is 0 Å². The second kappa shape index (κ2) is 15.7. The van der Waals surface area contributed by atoms with Crippen LogP contribution in [0.1, 0.15) is 111 Å². The predicted octanol–water partition coefficient (Wildman–Crippen LogP) is 6.01. The summed E-state index contributed by atoms with van der Waals surface area (Å²) < 4.78 is 5.86. The van der Waals surface area contributed by atoms with Crippen molar-refractivity contribution in [3.8, 4) is 0 Å². The molecule has 6 heteroatoms.